The number of benzene rings is 4. The van der Waals surface area contributed by atoms with Crippen molar-refractivity contribution >= 4 is 23.9 Å². The Morgan fingerprint density at radius 3 is 0.731 bits per heavy atom. The fourth-order valence-corrected chi connectivity index (χ4v) is 4.49. The zero-order valence-corrected chi connectivity index (χ0v) is 39.9. The van der Waals surface area contributed by atoms with E-state index in [0.29, 0.717) is 62.3 Å². The first kappa shape index (κ1) is 71.2. The molecule has 20 nitrogen and oxygen atoms in total. The molecule has 0 aliphatic heterocycles. The third kappa shape index (κ3) is 36.0. The Balaban J connectivity index is -0.000000228. The standard InChI is InChI=1S/4C8H8O3.2C6H14NO3.3Cu/c4*1-11-7-4-2-3-6(5-7)8(9)10;2*8-4-1-7(2-5-9)3-6-10;;;/h4*2-5H,1H3,(H,9,10);2*8-9H,1-6H2;;;/q;;;;2*-1;3*+2/p-4. The second-order valence-corrected chi connectivity index (χ2v) is 12.1. The summed E-state index contributed by atoms with van der Waals surface area (Å²) in [6, 6.07) is 24.6. The summed E-state index contributed by atoms with van der Waals surface area (Å²) in [5.41, 5.74) is 0.516. The number of carbonyl (C=O) groups is 4. The molecule has 4 N–H and O–H groups in total. The Morgan fingerprint density at radius 2 is 0.597 bits per heavy atom. The van der Waals surface area contributed by atoms with Crippen LogP contribution in [0.25, 0.3) is 0 Å². The molecular formula is C44H56Cu3N2O18. The number of methoxy groups -OCH3 is 4. The first-order valence-corrected chi connectivity index (χ1v) is 19.1. The van der Waals surface area contributed by atoms with Gasteiger partial charge in [-0.3, -0.25) is 0 Å². The smallest absolute Gasteiger partial charge is 0.854 e. The predicted molar refractivity (Wildman–Crippen MR) is 220 cm³/mol. The van der Waals surface area contributed by atoms with Gasteiger partial charge < -0.3 is 99.0 Å². The summed E-state index contributed by atoms with van der Waals surface area (Å²) >= 11 is 0. The van der Waals surface area contributed by atoms with E-state index in [1.54, 1.807) is 58.3 Å². The van der Waals surface area contributed by atoms with Crippen LogP contribution in [-0.4, -0.2) is 161 Å². The number of ether oxygens (including phenoxy) is 4. The van der Waals surface area contributed by atoms with Gasteiger partial charge in [-0.05, 0) is 61.6 Å². The van der Waals surface area contributed by atoms with Crippen LogP contribution < -0.4 is 49.6 Å². The maximum Gasteiger partial charge on any atom is 2.00 e. The second-order valence-electron chi connectivity index (χ2n) is 12.1. The molecular weight excluding hydrogens is 1040 g/mol. The molecule has 4 aromatic carbocycles. The maximum atomic E-state index is 10.3. The number of carbonyl (C=O) groups excluding carboxylic acids is 4. The molecule has 383 valence electrons. The van der Waals surface area contributed by atoms with Gasteiger partial charge in [0.25, 0.3) is 0 Å². The van der Waals surface area contributed by atoms with Gasteiger partial charge in [0.1, 0.15) is 23.0 Å². The van der Waals surface area contributed by atoms with Crippen LogP contribution in [0.4, 0.5) is 0 Å². The molecule has 0 amide bonds. The molecule has 0 saturated heterocycles. The molecule has 0 aromatic heterocycles. The van der Waals surface area contributed by atoms with Crippen LogP contribution in [0.2, 0.25) is 0 Å². The zero-order chi connectivity index (χ0) is 48.7. The molecule has 4 aromatic rings. The summed E-state index contributed by atoms with van der Waals surface area (Å²) in [5.74, 6) is -2.68. The fraction of sp³-hybridized carbons (Fsp3) is 0.364. The van der Waals surface area contributed by atoms with Crippen molar-refractivity contribution in [3.63, 3.8) is 0 Å². The van der Waals surface area contributed by atoms with E-state index >= 15 is 0 Å². The number of carboxylic acid groups (broad SMARTS) is 4. The molecule has 0 saturated carbocycles. The molecule has 67 heavy (non-hydrogen) atoms. The second kappa shape index (κ2) is 46.3. The zero-order valence-electron chi connectivity index (χ0n) is 37.0. The molecule has 0 bridgehead atoms. The van der Waals surface area contributed by atoms with E-state index < -0.39 is 23.9 Å². The third-order valence-corrected chi connectivity index (χ3v) is 7.70. The minimum atomic E-state index is -1.19. The van der Waals surface area contributed by atoms with Crippen LogP contribution >= 0.6 is 0 Å². The van der Waals surface area contributed by atoms with Crippen LogP contribution in [0.5, 0.6) is 23.0 Å². The van der Waals surface area contributed by atoms with Gasteiger partial charge >= 0.3 is 51.2 Å². The Hall–Kier alpha value is -4.80. The van der Waals surface area contributed by atoms with Crippen molar-refractivity contribution in [3.8, 4) is 23.0 Å². The first-order valence-electron chi connectivity index (χ1n) is 19.1. The third-order valence-electron chi connectivity index (χ3n) is 7.70. The SMILES string of the molecule is COc1cccc(C(=O)[O-])c1.COc1cccc(C(=O)[O-])c1.COc1cccc(C(=O)[O-])c1.COc1cccc(C(=O)[O-])c1.[Cu+2].[Cu+2].[Cu+2].[O-]CCN(CCO)CCO.[O-]CCN(CCO)CCO. The quantitative estimate of drug-likeness (QED) is 0.0606. The van der Waals surface area contributed by atoms with Crippen LogP contribution in [-0.2, 0) is 51.2 Å². The van der Waals surface area contributed by atoms with Crippen LogP contribution in [0.3, 0.4) is 0 Å². The van der Waals surface area contributed by atoms with Gasteiger partial charge in [0.2, 0.25) is 0 Å². The van der Waals surface area contributed by atoms with Gasteiger partial charge in [-0.15, -0.1) is 13.2 Å². The molecule has 3 radical (unpaired) electrons. The van der Waals surface area contributed by atoms with Gasteiger partial charge in [0.15, 0.2) is 0 Å². The first-order chi connectivity index (χ1) is 30.6. The number of nitrogens with zero attached hydrogens (tertiary/aromatic N) is 2. The number of aromatic carboxylic acids is 4. The number of aliphatic hydroxyl groups is 4. The Morgan fingerprint density at radius 1 is 0.403 bits per heavy atom. The normalized spacial score (nSPS) is 9.25. The molecule has 0 aliphatic rings. The number of hydrogen-bond acceptors (Lipinski definition) is 20. The summed E-state index contributed by atoms with van der Waals surface area (Å²) in [6.07, 6.45) is 0. The van der Waals surface area contributed by atoms with E-state index in [-0.39, 0.29) is 113 Å². The summed E-state index contributed by atoms with van der Waals surface area (Å²) in [7, 11) is 5.92. The number of carboxylic acids is 4. The van der Waals surface area contributed by atoms with E-state index in [1.807, 2.05) is 0 Å². The molecule has 0 atom stereocenters. The molecule has 23 heteroatoms. The summed E-state index contributed by atoms with van der Waals surface area (Å²) in [6.45, 7) is 2.51. The Bertz CT molecular complexity index is 1600. The number of rotatable bonds is 20. The molecule has 0 fully saturated rings. The van der Waals surface area contributed by atoms with Crippen molar-refractivity contribution < 1.29 is 140 Å². The maximum absolute atomic E-state index is 10.3. The average molecular weight is 1090 g/mol. The number of aliphatic hydroxyl groups excluding tert-OH is 4. The molecule has 4 rings (SSSR count). The van der Waals surface area contributed by atoms with Gasteiger partial charge in [-0.25, -0.2) is 0 Å². The molecule has 0 aliphatic carbocycles. The summed E-state index contributed by atoms with van der Waals surface area (Å²) in [4.78, 5) is 44.7. The molecule has 0 spiro atoms. The van der Waals surface area contributed by atoms with Crippen molar-refractivity contribution in [2.45, 2.75) is 0 Å². The topological polar surface area (TPSA) is 331 Å². The van der Waals surface area contributed by atoms with Gasteiger partial charge in [-0.1, -0.05) is 48.5 Å². The molecule has 0 unspecified atom stereocenters. The van der Waals surface area contributed by atoms with Crippen molar-refractivity contribution in [1.29, 1.82) is 0 Å². The fourth-order valence-electron chi connectivity index (χ4n) is 4.49. The van der Waals surface area contributed by atoms with Crippen molar-refractivity contribution in [3.05, 3.63) is 119 Å². The molecule has 0 heterocycles. The minimum Gasteiger partial charge on any atom is -0.854 e. The van der Waals surface area contributed by atoms with Crippen LogP contribution in [0, 0.1) is 0 Å². The van der Waals surface area contributed by atoms with E-state index in [4.69, 9.17) is 39.4 Å². The van der Waals surface area contributed by atoms with E-state index in [1.165, 1.54) is 77.0 Å². The van der Waals surface area contributed by atoms with Crippen molar-refractivity contribution in [2.24, 2.45) is 0 Å². The summed E-state index contributed by atoms with van der Waals surface area (Å²) in [5, 5.41) is 95.2. The van der Waals surface area contributed by atoms with Crippen LogP contribution in [0.15, 0.2) is 97.1 Å². The average Bonchev–Trinajstić information content (AvgIpc) is 3.30. The van der Waals surface area contributed by atoms with E-state index in [2.05, 4.69) is 0 Å². The van der Waals surface area contributed by atoms with Gasteiger partial charge in [0, 0.05) is 48.4 Å². The Labute approximate surface area is 421 Å². The predicted octanol–water partition coefficient (Wildman–Crippen LogP) is -4.51. The van der Waals surface area contributed by atoms with Crippen molar-refractivity contribution in [1.82, 2.24) is 9.80 Å². The van der Waals surface area contributed by atoms with E-state index in [9.17, 15) is 49.8 Å². The summed E-state index contributed by atoms with van der Waals surface area (Å²) < 4.78 is 19.3. The minimum absolute atomic E-state index is 0. The van der Waals surface area contributed by atoms with E-state index in [0.717, 1.165) is 0 Å². The van der Waals surface area contributed by atoms with Crippen LogP contribution in [0.1, 0.15) is 41.4 Å². The monoisotopic (exact) mass is 1090 g/mol. The van der Waals surface area contributed by atoms with Gasteiger partial charge in [-0.2, -0.15) is 0 Å². The van der Waals surface area contributed by atoms with Gasteiger partial charge in [0.05, 0.1) is 78.7 Å². The van der Waals surface area contributed by atoms with Crippen molar-refractivity contribution in [2.75, 3.05) is 107 Å². The Kier molecular flexibility index (Phi) is 49.2. The number of hydrogen-bond donors (Lipinski definition) is 4. The largest absolute Gasteiger partial charge is 2.00 e.